The van der Waals surface area contributed by atoms with Crippen LogP contribution in [0, 0.1) is 11.3 Å². The first-order valence-corrected chi connectivity index (χ1v) is 7.38. The standard InChI is InChI=1S/C19H26/c1-15-9-8-10-17(13-15)14-19(3,4)16(2)18-11-6-5-7-12-18/h5-12,16-17H,13-14H2,1-4H3. The quantitative estimate of drug-likeness (QED) is 0.643. The maximum absolute atomic E-state index is 2.41. The minimum absolute atomic E-state index is 0.327. The molecule has 2 rings (SSSR count). The molecule has 2 atom stereocenters. The predicted octanol–water partition coefficient (Wildman–Crippen LogP) is 5.73. The summed E-state index contributed by atoms with van der Waals surface area (Å²) in [4.78, 5) is 0. The number of rotatable bonds is 4. The molecule has 2 unspecified atom stereocenters. The van der Waals surface area contributed by atoms with Crippen molar-refractivity contribution in [2.24, 2.45) is 11.3 Å². The molecular weight excluding hydrogens is 228 g/mol. The molecule has 0 N–H and O–H groups in total. The second-order valence-corrected chi connectivity index (χ2v) is 6.69. The van der Waals surface area contributed by atoms with Gasteiger partial charge in [0.25, 0.3) is 0 Å². The minimum Gasteiger partial charge on any atom is -0.0811 e. The molecule has 0 saturated heterocycles. The van der Waals surface area contributed by atoms with E-state index in [0.29, 0.717) is 17.3 Å². The number of hydrogen-bond acceptors (Lipinski definition) is 0. The van der Waals surface area contributed by atoms with Gasteiger partial charge in [0.1, 0.15) is 0 Å². The van der Waals surface area contributed by atoms with Gasteiger partial charge >= 0.3 is 0 Å². The maximum Gasteiger partial charge on any atom is -0.0139 e. The maximum atomic E-state index is 2.41. The molecule has 1 aromatic rings. The first kappa shape index (κ1) is 14.1. The predicted molar refractivity (Wildman–Crippen MR) is 84.3 cm³/mol. The molecule has 1 aliphatic carbocycles. The average molecular weight is 254 g/mol. The number of allylic oxidation sites excluding steroid dienone is 4. The third kappa shape index (κ3) is 3.59. The zero-order valence-electron chi connectivity index (χ0n) is 12.7. The van der Waals surface area contributed by atoms with Gasteiger partial charge in [0.05, 0.1) is 0 Å². The van der Waals surface area contributed by atoms with Crippen molar-refractivity contribution in [3.05, 3.63) is 59.7 Å². The summed E-state index contributed by atoms with van der Waals surface area (Å²) in [6.45, 7) is 9.42. The van der Waals surface area contributed by atoms with Crippen molar-refractivity contribution in [1.29, 1.82) is 0 Å². The normalized spacial score (nSPS) is 21.1. The Morgan fingerprint density at radius 2 is 1.89 bits per heavy atom. The van der Waals surface area contributed by atoms with E-state index in [4.69, 9.17) is 0 Å². The summed E-state index contributed by atoms with van der Waals surface area (Å²) in [6.07, 6.45) is 9.33. The van der Waals surface area contributed by atoms with Crippen LogP contribution in [-0.4, -0.2) is 0 Å². The second-order valence-electron chi connectivity index (χ2n) is 6.69. The molecule has 0 heterocycles. The topological polar surface area (TPSA) is 0 Å². The molecule has 0 aliphatic heterocycles. The third-order valence-electron chi connectivity index (χ3n) is 4.61. The smallest absolute Gasteiger partial charge is 0.0139 e. The Balaban J connectivity index is 2.06. The lowest BCUT2D eigenvalue weighted by Crippen LogP contribution is -2.23. The molecule has 0 radical (unpaired) electrons. The Kier molecular flexibility index (Phi) is 4.29. The summed E-state index contributed by atoms with van der Waals surface area (Å²) >= 11 is 0. The number of hydrogen-bond donors (Lipinski definition) is 0. The van der Waals surface area contributed by atoms with Gasteiger partial charge in [-0.25, -0.2) is 0 Å². The Bertz CT molecular complexity index is 462. The van der Waals surface area contributed by atoms with Crippen LogP contribution in [0.2, 0.25) is 0 Å². The lowest BCUT2D eigenvalue weighted by atomic mass is 9.69. The van der Waals surface area contributed by atoms with E-state index in [1.807, 2.05) is 0 Å². The van der Waals surface area contributed by atoms with Crippen molar-refractivity contribution in [1.82, 2.24) is 0 Å². The van der Waals surface area contributed by atoms with Crippen molar-refractivity contribution >= 4 is 0 Å². The SMILES string of the molecule is CC1=CC=CC(CC(C)(C)C(C)c2ccccc2)C1. The van der Waals surface area contributed by atoms with E-state index < -0.39 is 0 Å². The summed E-state index contributed by atoms with van der Waals surface area (Å²) in [5.41, 5.74) is 3.30. The molecule has 0 bridgehead atoms. The first-order valence-electron chi connectivity index (χ1n) is 7.38. The van der Waals surface area contributed by atoms with Crippen molar-refractivity contribution in [3.63, 3.8) is 0 Å². The summed E-state index contributed by atoms with van der Waals surface area (Å²) < 4.78 is 0. The van der Waals surface area contributed by atoms with Crippen molar-refractivity contribution in [3.8, 4) is 0 Å². The van der Waals surface area contributed by atoms with Gasteiger partial charge in [-0.15, -0.1) is 0 Å². The second kappa shape index (κ2) is 5.77. The van der Waals surface area contributed by atoms with Gasteiger partial charge in [-0.05, 0) is 42.6 Å². The highest BCUT2D eigenvalue weighted by Gasteiger charge is 2.29. The summed E-state index contributed by atoms with van der Waals surface area (Å²) in [5.74, 6) is 1.29. The van der Waals surface area contributed by atoms with Crippen LogP contribution >= 0.6 is 0 Å². The highest BCUT2D eigenvalue weighted by Crippen LogP contribution is 2.42. The van der Waals surface area contributed by atoms with Gasteiger partial charge in [-0.3, -0.25) is 0 Å². The third-order valence-corrected chi connectivity index (χ3v) is 4.61. The molecule has 0 amide bonds. The molecule has 1 aromatic carbocycles. The monoisotopic (exact) mass is 254 g/mol. The lowest BCUT2D eigenvalue weighted by molar-refractivity contribution is 0.242. The van der Waals surface area contributed by atoms with Crippen LogP contribution in [0.3, 0.4) is 0 Å². The molecule has 0 aromatic heterocycles. The lowest BCUT2D eigenvalue weighted by Gasteiger charge is -2.35. The first-order chi connectivity index (χ1) is 8.99. The zero-order chi connectivity index (χ0) is 13.9. The van der Waals surface area contributed by atoms with Crippen molar-refractivity contribution in [2.75, 3.05) is 0 Å². The van der Waals surface area contributed by atoms with Crippen LogP contribution in [0.25, 0.3) is 0 Å². The molecule has 0 spiro atoms. The van der Waals surface area contributed by atoms with E-state index in [1.54, 1.807) is 0 Å². The fourth-order valence-corrected chi connectivity index (χ4v) is 3.11. The molecular formula is C19H26. The largest absolute Gasteiger partial charge is 0.0811 e. The fraction of sp³-hybridized carbons (Fsp3) is 0.474. The fourth-order valence-electron chi connectivity index (χ4n) is 3.11. The molecule has 0 nitrogen and oxygen atoms in total. The summed E-state index contributed by atoms with van der Waals surface area (Å²) in [5, 5.41) is 0. The van der Waals surface area contributed by atoms with Gasteiger partial charge in [0, 0.05) is 0 Å². The molecule has 0 heteroatoms. The van der Waals surface area contributed by atoms with E-state index in [-0.39, 0.29) is 0 Å². The van der Waals surface area contributed by atoms with Crippen LogP contribution in [-0.2, 0) is 0 Å². The van der Waals surface area contributed by atoms with E-state index in [0.717, 1.165) is 0 Å². The zero-order valence-corrected chi connectivity index (χ0v) is 12.7. The van der Waals surface area contributed by atoms with Crippen LogP contribution in [0.5, 0.6) is 0 Å². The highest BCUT2D eigenvalue weighted by atomic mass is 14.3. The highest BCUT2D eigenvalue weighted by molar-refractivity contribution is 5.22. The summed E-state index contributed by atoms with van der Waals surface area (Å²) in [6, 6.07) is 10.9. The van der Waals surface area contributed by atoms with Crippen LogP contribution in [0.4, 0.5) is 0 Å². The molecule has 19 heavy (non-hydrogen) atoms. The van der Waals surface area contributed by atoms with Crippen molar-refractivity contribution < 1.29 is 0 Å². The van der Waals surface area contributed by atoms with Gasteiger partial charge in [-0.1, -0.05) is 74.9 Å². The van der Waals surface area contributed by atoms with Crippen LogP contribution in [0.1, 0.15) is 52.0 Å². The molecule has 0 fully saturated rings. The number of benzene rings is 1. The molecule has 0 saturated carbocycles. The Morgan fingerprint density at radius 3 is 2.53 bits per heavy atom. The van der Waals surface area contributed by atoms with Crippen molar-refractivity contribution in [2.45, 2.75) is 46.5 Å². The summed E-state index contributed by atoms with van der Waals surface area (Å²) in [7, 11) is 0. The van der Waals surface area contributed by atoms with Gasteiger partial charge in [-0.2, -0.15) is 0 Å². The van der Waals surface area contributed by atoms with Crippen LogP contribution in [0.15, 0.2) is 54.1 Å². The van der Waals surface area contributed by atoms with Gasteiger partial charge in [0.15, 0.2) is 0 Å². The Labute approximate surface area is 118 Å². The van der Waals surface area contributed by atoms with E-state index in [2.05, 4.69) is 76.3 Å². The average Bonchev–Trinajstić information content (AvgIpc) is 2.38. The molecule has 102 valence electrons. The van der Waals surface area contributed by atoms with E-state index >= 15 is 0 Å². The Hall–Kier alpha value is -1.30. The minimum atomic E-state index is 0.327. The van der Waals surface area contributed by atoms with Gasteiger partial charge < -0.3 is 0 Å². The van der Waals surface area contributed by atoms with E-state index in [9.17, 15) is 0 Å². The Morgan fingerprint density at radius 1 is 1.21 bits per heavy atom. The van der Waals surface area contributed by atoms with Gasteiger partial charge in [0.2, 0.25) is 0 Å². The van der Waals surface area contributed by atoms with Crippen LogP contribution < -0.4 is 0 Å². The van der Waals surface area contributed by atoms with E-state index in [1.165, 1.54) is 24.0 Å². The molecule has 1 aliphatic rings.